The first-order valence-corrected chi connectivity index (χ1v) is 5.71. The zero-order valence-electron chi connectivity index (χ0n) is 10.4. The third-order valence-corrected chi connectivity index (χ3v) is 2.47. The maximum absolute atomic E-state index is 12.2. The number of likely N-dealkylation sites (N-methyl/N-ethyl adjacent to an activating group) is 1. The van der Waals surface area contributed by atoms with Crippen LogP contribution >= 0.6 is 0 Å². The molecule has 0 aliphatic carbocycles. The first kappa shape index (κ1) is 12.8. The van der Waals surface area contributed by atoms with Gasteiger partial charge in [0.05, 0.1) is 11.7 Å². The monoisotopic (exact) mass is 224 g/mol. The minimum absolute atomic E-state index is 0.0350. The SMILES string of the molecule is CCCn1nncc1C(=O)C(C)(C)NCC. The number of aromatic nitrogens is 3. The largest absolute Gasteiger partial charge is 0.305 e. The second-order valence-electron chi connectivity index (χ2n) is 4.33. The van der Waals surface area contributed by atoms with Crippen molar-refractivity contribution in [2.45, 2.75) is 46.2 Å². The van der Waals surface area contributed by atoms with Crippen molar-refractivity contribution in [2.24, 2.45) is 0 Å². The van der Waals surface area contributed by atoms with Crippen LogP contribution in [0.25, 0.3) is 0 Å². The molecule has 0 unspecified atom stereocenters. The average molecular weight is 224 g/mol. The molecule has 0 radical (unpaired) electrons. The van der Waals surface area contributed by atoms with Crippen molar-refractivity contribution in [2.75, 3.05) is 6.54 Å². The smallest absolute Gasteiger partial charge is 0.201 e. The van der Waals surface area contributed by atoms with E-state index in [2.05, 4.69) is 15.6 Å². The number of carbonyl (C=O) groups excluding carboxylic acids is 1. The van der Waals surface area contributed by atoms with E-state index in [-0.39, 0.29) is 5.78 Å². The number of ketones is 1. The predicted octanol–water partition coefficient (Wildman–Crippen LogP) is 1.26. The summed E-state index contributed by atoms with van der Waals surface area (Å²) in [4.78, 5) is 12.2. The third-order valence-electron chi connectivity index (χ3n) is 2.47. The highest BCUT2D eigenvalue weighted by atomic mass is 16.1. The minimum atomic E-state index is -0.568. The van der Waals surface area contributed by atoms with E-state index in [0.717, 1.165) is 19.5 Å². The number of hydrogen-bond acceptors (Lipinski definition) is 4. The van der Waals surface area contributed by atoms with Gasteiger partial charge in [-0.1, -0.05) is 19.1 Å². The Morgan fingerprint density at radius 1 is 1.50 bits per heavy atom. The lowest BCUT2D eigenvalue weighted by molar-refractivity contribution is 0.0872. The maximum Gasteiger partial charge on any atom is 0.201 e. The van der Waals surface area contributed by atoms with Gasteiger partial charge in [-0.2, -0.15) is 0 Å². The number of Topliss-reactive ketones (excluding diaryl/α,β-unsaturated/α-hetero) is 1. The van der Waals surface area contributed by atoms with Gasteiger partial charge in [0.2, 0.25) is 5.78 Å². The molecule has 0 saturated heterocycles. The van der Waals surface area contributed by atoms with Gasteiger partial charge < -0.3 is 5.32 Å². The Morgan fingerprint density at radius 2 is 2.19 bits per heavy atom. The lowest BCUT2D eigenvalue weighted by Crippen LogP contribution is -2.47. The number of nitrogens with zero attached hydrogens (tertiary/aromatic N) is 3. The molecule has 1 N–H and O–H groups in total. The Balaban J connectivity index is 2.91. The number of hydrogen-bond donors (Lipinski definition) is 1. The molecule has 1 rings (SSSR count). The van der Waals surface area contributed by atoms with Gasteiger partial charge in [-0.3, -0.25) is 4.79 Å². The van der Waals surface area contributed by atoms with Crippen molar-refractivity contribution < 1.29 is 4.79 Å². The molecule has 1 heterocycles. The van der Waals surface area contributed by atoms with Crippen LogP contribution in [0.2, 0.25) is 0 Å². The highest BCUT2D eigenvalue weighted by Gasteiger charge is 2.30. The van der Waals surface area contributed by atoms with Gasteiger partial charge in [0, 0.05) is 6.54 Å². The molecule has 0 amide bonds. The molecule has 0 bridgehead atoms. The Hall–Kier alpha value is -1.23. The van der Waals surface area contributed by atoms with Gasteiger partial charge >= 0.3 is 0 Å². The molecule has 0 spiro atoms. The van der Waals surface area contributed by atoms with E-state index < -0.39 is 5.54 Å². The van der Waals surface area contributed by atoms with Crippen LogP contribution in [-0.2, 0) is 6.54 Å². The summed E-state index contributed by atoms with van der Waals surface area (Å²) in [6.45, 7) is 9.27. The molecule has 90 valence electrons. The van der Waals surface area contributed by atoms with Gasteiger partial charge in [0.25, 0.3) is 0 Å². The fourth-order valence-corrected chi connectivity index (χ4v) is 1.65. The van der Waals surface area contributed by atoms with Crippen LogP contribution in [0, 0.1) is 0 Å². The molecule has 0 aliphatic rings. The summed E-state index contributed by atoms with van der Waals surface area (Å²) in [6, 6.07) is 0. The number of rotatable bonds is 6. The van der Waals surface area contributed by atoms with Crippen molar-refractivity contribution in [3.8, 4) is 0 Å². The minimum Gasteiger partial charge on any atom is -0.305 e. The first-order valence-electron chi connectivity index (χ1n) is 5.71. The predicted molar refractivity (Wildman–Crippen MR) is 62.4 cm³/mol. The van der Waals surface area contributed by atoms with Crippen molar-refractivity contribution in [3.63, 3.8) is 0 Å². The van der Waals surface area contributed by atoms with Crippen LogP contribution in [0.1, 0.15) is 44.6 Å². The van der Waals surface area contributed by atoms with Gasteiger partial charge in [-0.15, -0.1) is 5.10 Å². The number of carbonyl (C=O) groups is 1. The molecule has 0 aromatic carbocycles. The Morgan fingerprint density at radius 3 is 2.75 bits per heavy atom. The second kappa shape index (κ2) is 5.21. The molecule has 1 aromatic rings. The Bertz CT molecular complexity index is 357. The lowest BCUT2D eigenvalue weighted by atomic mass is 9.97. The summed E-state index contributed by atoms with van der Waals surface area (Å²) >= 11 is 0. The van der Waals surface area contributed by atoms with Gasteiger partial charge in [0.1, 0.15) is 5.69 Å². The fraction of sp³-hybridized carbons (Fsp3) is 0.727. The van der Waals surface area contributed by atoms with Crippen molar-refractivity contribution in [1.82, 2.24) is 20.3 Å². The van der Waals surface area contributed by atoms with Crippen molar-refractivity contribution in [1.29, 1.82) is 0 Å². The van der Waals surface area contributed by atoms with Crippen LogP contribution in [0.3, 0.4) is 0 Å². The van der Waals surface area contributed by atoms with E-state index in [0.29, 0.717) is 5.69 Å². The Kier molecular flexibility index (Phi) is 4.18. The average Bonchev–Trinajstić information content (AvgIpc) is 2.65. The lowest BCUT2D eigenvalue weighted by Gasteiger charge is -2.23. The summed E-state index contributed by atoms with van der Waals surface area (Å²) in [7, 11) is 0. The summed E-state index contributed by atoms with van der Waals surface area (Å²) in [5.74, 6) is 0.0350. The first-order chi connectivity index (χ1) is 7.53. The quantitative estimate of drug-likeness (QED) is 0.739. The Labute approximate surface area is 96.2 Å². The van der Waals surface area contributed by atoms with Gasteiger partial charge in [-0.05, 0) is 26.8 Å². The number of nitrogens with one attached hydrogen (secondary N) is 1. The summed E-state index contributed by atoms with van der Waals surface area (Å²) in [5, 5.41) is 10.9. The van der Waals surface area contributed by atoms with Gasteiger partial charge in [-0.25, -0.2) is 4.68 Å². The van der Waals surface area contributed by atoms with Crippen LogP contribution < -0.4 is 5.32 Å². The normalized spacial score (nSPS) is 11.8. The molecule has 1 aromatic heterocycles. The second-order valence-corrected chi connectivity index (χ2v) is 4.33. The zero-order valence-corrected chi connectivity index (χ0v) is 10.4. The maximum atomic E-state index is 12.2. The molecule has 0 fully saturated rings. The highest BCUT2D eigenvalue weighted by molar-refractivity contribution is 6.01. The van der Waals surface area contributed by atoms with Crippen LogP contribution in [-0.4, -0.2) is 32.9 Å². The van der Waals surface area contributed by atoms with E-state index >= 15 is 0 Å². The van der Waals surface area contributed by atoms with Crippen LogP contribution in [0.15, 0.2) is 6.20 Å². The van der Waals surface area contributed by atoms with Crippen molar-refractivity contribution in [3.05, 3.63) is 11.9 Å². The molecular formula is C11H20N4O. The van der Waals surface area contributed by atoms with E-state index in [4.69, 9.17) is 0 Å². The topological polar surface area (TPSA) is 59.8 Å². The zero-order chi connectivity index (χ0) is 12.2. The standard InChI is InChI=1S/C11H20N4O/c1-5-7-15-9(8-13-14-15)10(16)11(3,4)12-6-2/h8,12H,5-7H2,1-4H3. The summed E-state index contributed by atoms with van der Waals surface area (Å²) in [5.41, 5.74) is 0.00916. The molecule has 0 saturated carbocycles. The third kappa shape index (κ3) is 2.66. The van der Waals surface area contributed by atoms with E-state index in [1.807, 2.05) is 27.7 Å². The molecule has 5 nitrogen and oxygen atoms in total. The molecular weight excluding hydrogens is 204 g/mol. The summed E-state index contributed by atoms with van der Waals surface area (Å²) < 4.78 is 1.67. The highest BCUT2D eigenvalue weighted by Crippen LogP contribution is 2.12. The van der Waals surface area contributed by atoms with E-state index in [1.54, 1.807) is 4.68 Å². The molecule has 0 atom stereocenters. The van der Waals surface area contributed by atoms with Crippen molar-refractivity contribution >= 4 is 5.78 Å². The van der Waals surface area contributed by atoms with E-state index in [1.165, 1.54) is 6.20 Å². The van der Waals surface area contributed by atoms with Gasteiger partial charge in [0.15, 0.2) is 0 Å². The number of aryl methyl sites for hydroxylation is 1. The molecule has 5 heteroatoms. The fourth-order valence-electron chi connectivity index (χ4n) is 1.65. The molecule has 16 heavy (non-hydrogen) atoms. The van der Waals surface area contributed by atoms with E-state index in [9.17, 15) is 4.79 Å². The van der Waals surface area contributed by atoms with Crippen LogP contribution in [0.5, 0.6) is 0 Å². The van der Waals surface area contributed by atoms with Crippen LogP contribution in [0.4, 0.5) is 0 Å². The summed E-state index contributed by atoms with van der Waals surface area (Å²) in [6.07, 6.45) is 2.47. The molecule has 0 aliphatic heterocycles.